The molecule has 2 atom stereocenters. The van der Waals surface area contributed by atoms with Crippen LogP contribution in [0.1, 0.15) is 31.2 Å². The Balaban J connectivity index is 2.32. The number of rotatable bonds is 5. The molecular formula is C10H16BrNOS. The van der Waals surface area contributed by atoms with Crippen molar-refractivity contribution in [2.45, 2.75) is 32.4 Å². The predicted molar refractivity (Wildman–Crippen MR) is 64.7 cm³/mol. The van der Waals surface area contributed by atoms with Gasteiger partial charge in [-0.15, -0.1) is 11.3 Å². The molecule has 0 unspecified atom stereocenters. The minimum Gasteiger partial charge on any atom is -0.393 e. The van der Waals surface area contributed by atoms with Gasteiger partial charge in [-0.3, -0.25) is 0 Å². The van der Waals surface area contributed by atoms with Gasteiger partial charge < -0.3 is 10.4 Å². The summed E-state index contributed by atoms with van der Waals surface area (Å²) >= 11 is 5.19. The van der Waals surface area contributed by atoms with Crippen LogP contribution in [0.5, 0.6) is 0 Å². The van der Waals surface area contributed by atoms with Crippen molar-refractivity contribution in [2.75, 3.05) is 6.54 Å². The third-order valence-electron chi connectivity index (χ3n) is 2.03. The highest BCUT2D eigenvalue weighted by molar-refractivity contribution is 9.11. The Morgan fingerprint density at radius 3 is 2.71 bits per heavy atom. The first kappa shape index (κ1) is 12.2. The van der Waals surface area contributed by atoms with E-state index in [1.54, 1.807) is 11.3 Å². The van der Waals surface area contributed by atoms with Gasteiger partial charge in [0.1, 0.15) is 0 Å². The van der Waals surface area contributed by atoms with Crippen molar-refractivity contribution in [1.29, 1.82) is 0 Å². The minimum absolute atomic E-state index is 0.218. The molecule has 1 aromatic heterocycles. The van der Waals surface area contributed by atoms with Crippen LogP contribution in [0.3, 0.4) is 0 Å². The highest BCUT2D eigenvalue weighted by Crippen LogP contribution is 2.26. The third-order valence-corrected chi connectivity index (χ3v) is 3.84. The van der Waals surface area contributed by atoms with E-state index in [1.807, 2.05) is 6.92 Å². The molecule has 1 rings (SSSR count). The Morgan fingerprint density at radius 1 is 1.50 bits per heavy atom. The van der Waals surface area contributed by atoms with Crippen LogP contribution in [-0.2, 0) is 0 Å². The van der Waals surface area contributed by atoms with Crippen molar-refractivity contribution in [1.82, 2.24) is 5.32 Å². The molecule has 0 saturated heterocycles. The first-order chi connectivity index (χ1) is 6.59. The van der Waals surface area contributed by atoms with Gasteiger partial charge in [-0.2, -0.15) is 0 Å². The Morgan fingerprint density at radius 2 is 2.21 bits per heavy atom. The second kappa shape index (κ2) is 5.85. The summed E-state index contributed by atoms with van der Waals surface area (Å²) in [6, 6.07) is 4.55. The Hall–Kier alpha value is 0.1000. The number of nitrogens with one attached hydrogen (secondary N) is 1. The molecule has 2 N–H and O–H groups in total. The zero-order valence-corrected chi connectivity index (χ0v) is 10.9. The third kappa shape index (κ3) is 4.09. The van der Waals surface area contributed by atoms with Gasteiger partial charge in [0.2, 0.25) is 0 Å². The van der Waals surface area contributed by atoms with Crippen LogP contribution in [-0.4, -0.2) is 17.8 Å². The maximum Gasteiger partial charge on any atom is 0.0701 e. The smallest absolute Gasteiger partial charge is 0.0701 e. The molecular weight excluding hydrogens is 262 g/mol. The van der Waals surface area contributed by atoms with Gasteiger partial charge in [0.25, 0.3) is 0 Å². The van der Waals surface area contributed by atoms with E-state index in [0.717, 1.165) is 16.8 Å². The molecule has 0 saturated carbocycles. The molecule has 0 aliphatic heterocycles. The second-order valence-electron chi connectivity index (χ2n) is 3.46. The molecule has 0 aromatic carbocycles. The lowest BCUT2D eigenvalue weighted by molar-refractivity contribution is 0.182. The first-order valence-corrected chi connectivity index (χ1v) is 6.37. The van der Waals surface area contributed by atoms with Crippen LogP contribution in [0.4, 0.5) is 0 Å². The molecule has 0 bridgehead atoms. The Labute approximate surface area is 97.5 Å². The van der Waals surface area contributed by atoms with E-state index in [9.17, 15) is 0 Å². The normalized spacial score (nSPS) is 15.4. The number of thiophene rings is 1. The van der Waals surface area contributed by atoms with E-state index in [-0.39, 0.29) is 6.10 Å². The molecule has 0 aliphatic rings. The Kier molecular flexibility index (Phi) is 5.09. The quantitative estimate of drug-likeness (QED) is 0.868. The van der Waals surface area contributed by atoms with Gasteiger partial charge in [-0.05, 0) is 54.9 Å². The monoisotopic (exact) mass is 277 g/mol. The van der Waals surface area contributed by atoms with E-state index in [0.29, 0.717) is 6.04 Å². The van der Waals surface area contributed by atoms with Crippen LogP contribution >= 0.6 is 27.3 Å². The highest BCUT2D eigenvalue weighted by atomic mass is 79.9. The van der Waals surface area contributed by atoms with Crippen LogP contribution in [0, 0.1) is 0 Å². The van der Waals surface area contributed by atoms with E-state index in [2.05, 4.69) is 40.3 Å². The number of aliphatic hydroxyl groups excluding tert-OH is 1. The minimum atomic E-state index is -0.218. The molecule has 0 fully saturated rings. The van der Waals surface area contributed by atoms with Gasteiger partial charge in [-0.25, -0.2) is 0 Å². The lowest BCUT2D eigenvalue weighted by Crippen LogP contribution is -2.21. The SMILES string of the molecule is C[C@H](NCC[C@@H](C)O)c1ccc(Br)s1. The van der Waals surface area contributed by atoms with Crippen LogP contribution in [0.25, 0.3) is 0 Å². The number of hydrogen-bond acceptors (Lipinski definition) is 3. The average molecular weight is 278 g/mol. The molecule has 0 amide bonds. The van der Waals surface area contributed by atoms with E-state index in [1.165, 1.54) is 4.88 Å². The largest absolute Gasteiger partial charge is 0.393 e. The highest BCUT2D eigenvalue weighted by Gasteiger charge is 2.07. The summed E-state index contributed by atoms with van der Waals surface area (Å²) < 4.78 is 1.16. The van der Waals surface area contributed by atoms with Crippen LogP contribution < -0.4 is 5.32 Å². The molecule has 2 nitrogen and oxygen atoms in total. The average Bonchev–Trinajstić information content (AvgIpc) is 2.51. The fourth-order valence-electron chi connectivity index (χ4n) is 1.17. The van der Waals surface area contributed by atoms with Crippen molar-refractivity contribution in [3.63, 3.8) is 0 Å². The summed E-state index contributed by atoms with van der Waals surface area (Å²) in [6.07, 6.45) is 0.585. The zero-order valence-electron chi connectivity index (χ0n) is 8.46. The van der Waals surface area contributed by atoms with Crippen molar-refractivity contribution in [3.05, 3.63) is 20.8 Å². The van der Waals surface area contributed by atoms with Crippen molar-refractivity contribution in [3.8, 4) is 0 Å². The number of aliphatic hydroxyl groups is 1. The molecule has 4 heteroatoms. The second-order valence-corrected chi connectivity index (χ2v) is 5.95. The predicted octanol–water partition coefficient (Wildman–Crippen LogP) is 2.93. The van der Waals surface area contributed by atoms with E-state index >= 15 is 0 Å². The standard InChI is InChI=1S/C10H16BrNOS/c1-7(13)5-6-12-8(2)9-3-4-10(11)14-9/h3-4,7-8,12-13H,5-6H2,1-2H3/t7-,8+/m1/s1. The molecule has 1 heterocycles. The lowest BCUT2D eigenvalue weighted by atomic mass is 10.2. The molecule has 1 aromatic rings. The van der Waals surface area contributed by atoms with Crippen molar-refractivity contribution >= 4 is 27.3 Å². The maximum atomic E-state index is 9.10. The van der Waals surface area contributed by atoms with Crippen molar-refractivity contribution in [2.24, 2.45) is 0 Å². The summed E-state index contributed by atoms with van der Waals surface area (Å²) in [5, 5.41) is 12.5. The topological polar surface area (TPSA) is 32.3 Å². The van der Waals surface area contributed by atoms with Gasteiger partial charge in [0.15, 0.2) is 0 Å². The maximum absolute atomic E-state index is 9.10. The zero-order chi connectivity index (χ0) is 10.6. The Bertz CT molecular complexity index is 275. The van der Waals surface area contributed by atoms with Gasteiger partial charge in [0.05, 0.1) is 9.89 Å². The lowest BCUT2D eigenvalue weighted by Gasteiger charge is -2.12. The van der Waals surface area contributed by atoms with Crippen LogP contribution in [0.15, 0.2) is 15.9 Å². The molecule has 0 aliphatic carbocycles. The summed E-state index contributed by atoms with van der Waals surface area (Å²) in [5.74, 6) is 0. The number of hydrogen-bond donors (Lipinski definition) is 2. The summed E-state index contributed by atoms with van der Waals surface area (Å²) in [7, 11) is 0. The van der Waals surface area contributed by atoms with Gasteiger partial charge in [0, 0.05) is 10.9 Å². The molecule has 0 radical (unpaired) electrons. The van der Waals surface area contributed by atoms with Gasteiger partial charge in [-0.1, -0.05) is 0 Å². The summed E-state index contributed by atoms with van der Waals surface area (Å²) in [5.41, 5.74) is 0. The van der Waals surface area contributed by atoms with Crippen LogP contribution in [0.2, 0.25) is 0 Å². The summed E-state index contributed by atoms with van der Waals surface area (Å²) in [6.45, 7) is 4.81. The first-order valence-electron chi connectivity index (χ1n) is 4.76. The van der Waals surface area contributed by atoms with Gasteiger partial charge >= 0.3 is 0 Å². The fraction of sp³-hybridized carbons (Fsp3) is 0.600. The van der Waals surface area contributed by atoms with Crippen molar-refractivity contribution < 1.29 is 5.11 Å². The molecule has 0 spiro atoms. The fourth-order valence-corrected chi connectivity index (χ4v) is 2.62. The summed E-state index contributed by atoms with van der Waals surface area (Å²) in [4.78, 5) is 1.32. The molecule has 80 valence electrons. The molecule has 14 heavy (non-hydrogen) atoms. The number of halogens is 1. The van der Waals surface area contributed by atoms with E-state index < -0.39 is 0 Å². The van der Waals surface area contributed by atoms with E-state index in [4.69, 9.17) is 5.11 Å².